The Morgan fingerprint density at radius 2 is 2.13 bits per heavy atom. The maximum Gasteiger partial charge on any atom is 0.410 e. The standard InChI is InChI=1S/C22H27FN4O3/c1-13-5-6-18(23)17-10-19(25-20(13)17)21(28)24-14-3-2-4-15(9-14)26-7-8-27-16(11-26)12-30-22(27)29/h5-6,10,14-16,25H,2-4,7-9,11-12H2,1H3,(H,24,28)/t14-,15+,16+/m1/s1. The molecule has 2 aromatic rings. The summed E-state index contributed by atoms with van der Waals surface area (Å²) in [5.41, 5.74) is 1.99. The molecular weight excluding hydrogens is 387 g/mol. The summed E-state index contributed by atoms with van der Waals surface area (Å²) in [6.45, 7) is 4.75. The zero-order valence-electron chi connectivity index (χ0n) is 17.1. The van der Waals surface area contributed by atoms with E-state index in [1.54, 1.807) is 12.1 Å². The number of piperazine rings is 1. The molecule has 1 aromatic carbocycles. The number of nitrogens with zero attached hydrogens (tertiary/aromatic N) is 2. The van der Waals surface area contributed by atoms with E-state index in [1.165, 1.54) is 6.07 Å². The third-order valence-corrected chi connectivity index (χ3v) is 6.84. The minimum absolute atomic E-state index is 0.0908. The van der Waals surface area contributed by atoms with E-state index in [0.717, 1.165) is 44.3 Å². The Bertz CT molecular complexity index is 951. The Labute approximate surface area is 174 Å². The van der Waals surface area contributed by atoms with Crippen LogP contribution in [0.5, 0.6) is 0 Å². The second-order valence-electron chi connectivity index (χ2n) is 8.75. The molecule has 1 aromatic heterocycles. The maximum absolute atomic E-state index is 14.1. The van der Waals surface area contributed by atoms with Crippen molar-refractivity contribution in [2.75, 3.05) is 26.2 Å². The van der Waals surface area contributed by atoms with Crippen LogP contribution >= 0.6 is 0 Å². The van der Waals surface area contributed by atoms with Crippen LogP contribution in [0.1, 0.15) is 41.7 Å². The van der Waals surface area contributed by atoms with Crippen LogP contribution in [0.4, 0.5) is 9.18 Å². The van der Waals surface area contributed by atoms with Gasteiger partial charge in [-0.3, -0.25) is 14.6 Å². The van der Waals surface area contributed by atoms with Crippen LogP contribution < -0.4 is 5.32 Å². The topological polar surface area (TPSA) is 77.7 Å². The van der Waals surface area contributed by atoms with Gasteiger partial charge in [0.1, 0.15) is 18.1 Å². The van der Waals surface area contributed by atoms with Gasteiger partial charge < -0.3 is 15.0 Å². The fraction of sp³-hybridized carbons (Fsp3) is 0.545. The second-order valence-corrected chi connectivity index (χ2v) is 8.75. The van der Waals surface area contributed by atoms with Gasteiger partial charge in [-0.25, -0.2) is 9.18 Å². The van der Waals surface area contributed by atoms with Gasteiger partial charge in [0.25, 0.3) is 5.91 Å². The molecule has 2 N–H and O–H groups in total. The van der Waals surface area contributed by atoms with E-state index in [4.69, 9.17) is 4.74 Å². The molecule has 1 aliphatic carbocycles. The summed E-state index contributed by atoms with van der Waals surface area (Å²) < 4.78 is 19.3. The van der Waals surface area contributed by atoms with Gasteiger partial charge in [0.15, 0.2) is 0 Å². The van der Waals surface area contributed by atoms with E-state index in [9.17, 15) is 14.0 Å². The molecule has 0 bridgehead atoms. The molecule has 2 saturated heterocycles. The number of aromatic amines is 1. The van der Waals surface area contributed by atoms with Crippen LogP contribution in [0.25, 0.3) is 10.9 Å². The lowest BCUT2D eigenvalue weighted by molar-refractivity contribution is 0.0630. The summed E-state index contributed by atoms with van der Waals surface area (Å²) in [5, 5.41) is 3.60. The van der Waals surface area contributed by atoms with E-state index in [2.05, 4.69) is 15.2 Å². The molecule has 2 amide bonds. The Kier molecular flexibility index (Phi) is 4.89. The van der Waals surface area contributed by atoms with Crippen LogP contribution in [0, 0.1) is 12.7 Å². The highest BCUT2D eigenvalue weighted by atomic mass is 19.1. The molecule has 3 heterocycles. The Balaban J connectivity index is 1.23. The minimum Gasteiger partial charge on any atom is -0.447 e. The van der Waals surface area contributed by atoms with Crippen molar-refractivity contribution in [3.8, 4) is 0 Å². The fourth-order valence-electron chi connectivity index (χ4n) is 5.18. The van der Waals surface area contributed by atoms with Gasteiger partial charge in [0, 0.05) is 37.1 Å². The Morgan fingerprint density at radius 1 is 1.27 bits per heavy atom. The van der Waals surface area contributed by atoms with Crippen molar-refractivity contribution in [2.45, 2.75) is 50.7 Å². The maximum atomic E-state index is 14.1. The molecule has 30 heavy (non-hydrogen) atoms. The van der Waals surface area contributed by atoms with E-state index in [-0.39, 0.29) is 29.9 Å². The van der Waals surface area contributed by atoms with E-state index >= 15 is 0 Å². The summed E-state index contributed by atoms with van der Waals surface area (Å²) in [5.74, 6) is -0.507. The monoisotopic (exact) mass is 414 g/mol. The molecule has 8 heteroatoms. The molecule has 7 nitrogen and oxygen atoms in total. The van der Waals surface area contributed by atoms with Crippen LogP contribution in [-0.2, 0) is 4.74 Å². The van der Waals surface area contributed by atoms with Gasteiger partial charge in [-0.05, 0) is 50.3 Å². The van der Waals surface area contributed by atoms with Gasteiger partial charge >= 0.3 is 6.09 Å². The average Bonchev–Trinajstić information content (AvgIpc) is 3.36. The van der Waals surface area contributed by atoms with E-state index in [1.807, 2.05) is 11.8 Å². The van der Waals surface area contributed by atoms with Crippen molar-refractivity contribution in [3.05, 3.63) is 35.3 Å². The first kappa shape index (κ1) is 19.4. The van der Waals surface area contributed by atoms with Crippen molar-refractivity contribution >= 4 is 22.9 Å². The molecule has 160 valence electrons. The molecule has 3 aliphatic rings. The number of H-pyrrole nitrogens is 1. The van der Waals surface area contributed by atoms with Crippen molar-refractivity contribution in [3.63, 3.8) is 0 Å². The number of nitrogens with one attached hydrogen (secondary N) is 2. The molecule has 5 rings (SSSR count). The lowest BCUT2D eigenvalue weighted by Crippen LogP contribution is -2.56. The van der Waals surface area contributed by atoms with Crippen molar-refractivity contribution in [2.24, 2.45) is 0 Å². The van der Waals surface area contributed by atoms with Crippen molar-refractivity contribution in [1.29, 1.82) is 0 Å². The number of cyclic esters (lactones) is 1. The van der Waals surface area contributed by atoms with Crippen LogP contribution in [0.15, 0.2) is 18.2 Å². The SMILES string of the molecule is Cc1ccc(F)c2cc(C(=O)N[C@@H]3CCC[C@H](N4CCN5C(=O)OC[C@@H]5C4)C3)[nH]c12. The summed E-state index contributed by atoms with van der Waals surface area (Å²) >= 11 is 0. The van der Waals surface area contributed by atoms with Crippen LogP contribution in [-0.4, -0.2) is 71.2 Å². The third kappa shape index (κ3) is 3.43. The number of benzene rings is 1. The van der Waals surface area contributed by atoms with Crippen molar-refractivity contribution in [1.82, 2.24) is 20.1 Å². The number of aromatic nitrogens is 1. The quantitative estimate of drug-likeness (QED) is 0.810. The lowest BCUT2D eigenvalue weighted by atomic mass is 9.89. The zero-order chi connectivity index (χ0) is 20.8. The largest absolute Gasteiger partial charge is 0.447 e. The second kappa shape index (κ2) is 7.58. The number of hydrogen-bond donors (Lipinski definition) is 2. The molecule has 2 aliphatic heterocycles. The predicted molar refractivity (Wildman–Crippen MR) is 110 cm³/mol. The number of hydrogen-bond acceptors (Lipinski definition) is 4. The summed E-state index contributed by atoms with van der Waals surface area (Å²) in [7, 11) is 0. The number of rotatable bonds is 3. The molecule has 0 unspecified atom stereocenters. The highest BCUT2D eigenvalue weighted by Crippen LogP contribution is 2.28. The molecule has 0 radical (unpaired) electrons. The van der Waals surface area contributed by atoms with Gasteiger partial charge in [-0.15, -0.1) is 0 Å². The average molecular weight is 414 g/mol. The van der Waals surface area contributed by atoms with E-state index < -0.39 is 0 Å². The molecule has 1 saturated carbocycles. The normalized spacial score (nSPS) is 27.2. The minimum atomic E-state index is -0.322. The molecular formula is C22H27FN4O3. The van der Waals surface area contributed by atoms with Crippen molar-refractivity contribution < 1.29 is 18.7 Å². The number of fused-ring (bicyclic) bond motifs is 2. The van der Waals surface area contributed by atoms with Gasteiger partial charge in [0.2, 0.25) is 0 Å². The third-order valence-electron chi connectivity index (χ3n) is 6.84. The van der Waals surface area contributed by atoms with E-state index in [0.29, 0.717) is 35.8 Å². The molecule has 3 fully saturated rings. The number of amides is 2. The number of carbonyl (C=O) groups is 2. The Morgan fingerprint density at radius 3 is 2.97 bits per heavy atom. The first-order valence-corrected chi connectivity index (χ1v) is 10.8. The van der Waals surface area contributed by atoms with Gasteiger partial charge in [0.05, 0.1) is 11.6 Å². The van der Waals surface area contributed by atoms with Gasteiger partial charge in [-0.1, -0.05) is 6.07 Å². The summed E-state index contributed by atoms with van der Waals surface area (Å²) in [4.78, 5) is 31.9. The summed E-state index contributed by atoms with van der Waals surface area (Å²) in [6, 6.07) is 5.37. The van der Waals surface area contributed by atoms with Gasteiger partial charge in [-0.2, -0.15) is 0 Å². The first-order chi connectivity index (χ1) is 14.5. The summed E-state index contributed by atoms with van der Waals surface area (Å²) in [6.07, 6.45) is 3.79. The highest BCUT2D eigenvalue weighted by molar-refractivity contribution is 5.99. The van der Waals surface area contributed by atoms with Crippen LogP contribution in [0.2, 0.25) is 0 Å². The fourth-order valence-corrected chi connectivity index (χ4v) is 5.18. The number of carbonyl (C=O) groups excluding carboxylic acids is 2. The first-order valence-electron chi connectivity index (χ1n) is 10.8. The number of ether oxygens (including phenoxy) is 1. The zero-order valence-corrected chi connectivity index (χ0v) is 17.1. The predicted octanol–water partition coefficient (Wildman–Crippen LogP) is 2.79. The Hall–Kier alpha value is -2.61. The molecule has 0 spiro atoms. The number of aryl methyl sites for hydroxylation is 1. The smallest absolute Gasteiger partial charge is 0.410 e. The lowest BCUT2D eigenvalue weighted by Gasteiger charge is -2.43. The number of halogens is 1. The highest BCUT2D eigenvalue weighted by Gasteiger charge is 2.40. The van der Waals surface area contributed by atoms with Crippen LogP contribution in [0.3, 0.4) is 0 Å². The molecule has 3 atom stereocenters.